The van der Waals surface area contributed by atoms with Crippen LogP contribution in [0.5, 0.6) is 11.5 Å². The second-order valence-corrected chi connectivity index (χ2v) is 9.32. The van der Waals surface area contributed by atoms with Crippen LogP contribution in [0.2, 0.25) is 0 Å². The minimum atomic E-state index is -3.82. The lowest BCUT2D eigenvalue weighted by Crippen LogP contribution is -2.43. The zero-order valence-corrected chi connectivity index (χ0v) is 18.0. The number of ether oxygens (including phenoxy) is 1. The fourth-order valence-corrected chi connectivity index (χ4v) is 5.79. The molecule has 1 atom stereocenters. The SMILES string of the molecule is C[C@@H](C(=O)Nc1ccc(Oc2ccccc2)cc1)N1c2cccc3cccc(c23)S1(=O)=O. The van der Waals surface area contributed by atoms with E-state index >= 15 is 0 Å². The Kier molecular flexibility index (Phi) is 4.83. The molecule has 1 amide bonds. The molecule has 1 heterocycles. The van der Waals surface area contributed by atoms with Gasteiger partial charge >= 0.3 is 0 Å². The number of nitrogens with one attached hydrogen (secondary N) is 1. The summed E-state index contributed by atoms with van der Waals surface area (Å²) in [5, 5.41) is 4.28. The molecule has 0 spiro atoms. The van der Waals surface area contributed by atoms with E-state index in [1.54, 1.807) is 55.5 Å². The summed E-state index contributed by atoms with van der Waals surface area (Å²) in [7, 11) is -3.82. The maximum atomic E-state index is 13.2. The molecule has 4 aromatic carbocycles. The van der Waals surface area contributed by atoms with Crippen molar-refractivity contribution in [1.82, 2.24) is 0 Å². The number of anilines is 2. The van der Waals surface area contributed by atoms with E-state index in [-0.39, 0.29) is 4.90 Å². The number of benzene rings is 4. The van der Waals surface area contributed by atoms with Crippen LogP contribution in [-0.2, 0) is 14.8 Å². The Bertz CT molecular complexity index is 1410. The van der Waals surface area contributed by atoms with Crippen molar-refractivity contribution in [3.8, 4) is 11.5 Å². The first kappa shape index (κ1) is 20.1. The minimum Gasteiger partial charge on any atom is -0.457 e. The van der Waals surface area contributed by atoms with E-state index in [4.69, 9.17) is 4.74 Å². The molecular formula is C25H20N2O4S. The zero-order valence-electron chi connectivity index (χ0n) is 17.2. The van der Waals surface area contributed by atoms with E-state index in [1.807, 2.05) is 42.5 Å². The lowest BCUT2D eigenvalue weighted by Gasteiger charge is -2.25. The van der Waals surface area contributed by atoms with Crippen LogP contribution < -0.4 is 14.4 Å². The van der Waals surface area contributed by atoms with E-state index in [9.17, 15) is 13.2 Å². The number of sulfonamides is 1. The number of carbonyl (C=O) groups is 1. The van der Waals surface area contributed by atoms with Gasteiger partial charge in [0.05, 0.1) is 10.6 Å². The van der Waals surface area contributed by atoms with Gasteiger partial charge in [0, 0.05) is 11.1 Å². The van der Waals surface area contributed by atoms with Crippen molar-refractivity contribution in [3.05, 3.63) is 91.0 Å². The Labute approximate surface area is 186 Å². The summed E-state index contributed by atoms with van der Waals surface area (Å²) in [6.07, 6.45) is 0. The van der Waals surface area contributed by atoms with E-state index in [1.165, 1.54) is 4.31 Å². The van der Waals surface area contributed by atoms with E-state index < -0.39 is 22.0 Å². The number of nitrogens with zero attached hydrogens (tertiary/aromatic N) is 1. The molecule has 0 unspecified atom stereocenters. The van der Waals surface area contributed by atoms with Crippen molar-refractivity contribution >= 4 is 38.1 Å². The first-order valence-electron chi connectivity index (χ1n) is 10.2. The van der Waals surface area contributed by atoms with Crippen LogP contribution in [-0.4, -0.2) is 20.4 Å². The van der Waals surface area contributed by atoms with E-state index in [2.05, 4.69) is 5.32 Å². The number of carbonyl (C=O) groups excluding carboxylic acids is 1. The van der Waals surface area contributed by atoms with Gasteiger partial charge in [0.25, 0.3) is 10.0 Å². The molecule has 0 bridgehead atoms. The van der Waals surface area contributed by atoms with Crippen LogP contribution in [0.25, 0.3) is 10.8 Å². The van der Waals surface area contributed by atoms with Crippen molar-refractivity contribution < 1.29 is 17.9 Å². The largest absolute Gasteiger partial charge is 0.457 e. The minimum absolute atomic E-state index is 0.229. The Morgan fingerprint density at radius 2 is 1.50 bits per heavy atom. The Morgan fingerprint density at radius 3 is 2.22 bits per heavy atom. The number of hydrogen-bond donors (Lipinski definition) is 1. The number of amides is 1. The summed E-state index contributed by atoms with van der Waals surface area (Å²) in [6, 6.07) is 25.9. The fourth-order valence-electron chi connectivity index (χ4n) is 3.92. The lowest BCUT2D eigenvalue weighted by molar-refractivity contribution is -0.116. The molecule has 1 aliphatic heterocycles. The van der Waals surface area contributed by atoms with E-state index in [0.29, 0.717) is 28.3 Å². The van der Waals surface area contributed by atoms with Crippen molar-refractivity contribution in [2.24, 2.45) is 0 Å². The summed E-state index contributed by atoms with van der Waals surface area (Å²) >= 11 is 0. The van der Waals surface area contributed by atoms with Crippen molar-refractivity contribution in [2.45, 2.75) is 17.9 Å². The predicted molar refractivity (Wildman–Crippen MR) is 125 cm³/mol. The normalized spacial score (nSPS) is 14.8. The molecule has 6 nitrogen and oxygen atoms in total. The molecule has 5 rings (SSSR count). The maximum Gasteiger partial charge on any atom is 0.265 e. The summed E-state index contributed by atoms with van der Waals surface area (Å²) < 4.78 is 33.4. The molecule has 0 aromatic heterocycles. The molecule has 0 fully saturated rings. The van der Waals surface area contributed by atoms with Crippen molar-refractivity contribution in [3.63, 3.8) is 0 Å². The lowest BCUT2D eigenvalue weighted by atomic mass is 10.1. The molecule has 32 heavy (non-hydrogen) atoms. The topological polar surface area (TPSA) is 75.7 Å². The van der Waals surface area contributed by atoms with E-state index in [0.717, 1.165) is 5.39 Å². The van der Waals surface area contributed by atoms with Gasteiger partial charge < -0.3 is 10.1 Å². The van der Waals surface area contributed by atoms with Gasteiger partial charge in [-0.25, -0.2) is 8.42 Å². The van der Waals surface area contributed by atoms with Gasteiger partial charge in [-0.05, 0) is 60.8 Å². The van der Waals surface area contributed by atoms with Crippen LogP contribution >= 0.6 is 0 Å². The highest BCUT2D eigenvalue weighted by molar-refractivity contribution is 7.93. The Hall–Kier alpha value is -3.84. The average Bonchev–Trinajstić information content (AvgIpc) is 3.03. The van der Waals surface area contributed by atoms with Crippen molar-refractivity contribution in [1.29, 1.82) is 0 Å². The first-order valence-corrected chi connectivity index (χ1v) is 11.6. The summed E-state index contributed by atoms with van der Waals surface area (Å²) in [5.41, 5.74) is 1.07. The molecule has 0 saturated carbocycles. The van der Waals surface area contributed by atoms with Gasteiger partial charge in [-0.2, -0.15) is 0 Å². The van der Waals surface area contributed by atoms with Gasteiger partial charge in [0.15, 0.2) is 0 Å². The second-order valence-electron chi connectivity index (χ2n) is 7.54. The number of hydrogen-bond acceptors (Lipinski definition) is 4. The Balaban J connectivity index is 1.36. The highest BCUT2D eigenvalue weighted by Gasteiger charge is 2.40. The summed E-state index contributed by atoms with van der Waals surface area (Å²) in [4.78, 5) is 13.2. The van der Waals surface area contributed by atoms with Crippen LogP contribution in [0.3, 0.4) is 0 Å². The molecule has 7 heteroatoms. The van der Waals surface area contributed by atoms with Gasteiger partial charge in [-0.15, -0.1) is 0 Å². The quantitative estimate of drug-likeness (QED) is 0.461. The molecule has 0 aliphatic carbocycles. The van der Waals surface area contributed by atoms with Gasteiger partial charge in [-0.3, -0.25) is 9.10 Å². The molecule has 1 N–H and O–H groups in total. The number of para-hydroxylation sites is 1. The summed E-state index contributed by atoms with van der Waals surface area (Å²) in [6.45, 7) is 1.59. The van der Waals surface area contributed by atoms with Gasteiger partial charge in [0.2, 0.25) is 5.91 Å². The third kappa shape index (κ3) is 3.36. The van der Waals surface area contributed by atoms with Crippen molar-refractivity contribution in [2.75, 3.05) is 9.62 Å². The maximum absolute atomic E-state index is 13.2. The molecule has 160 valence electrons. The smallest absolute Gasteiger partial charge is 0.265 e. The summed E-state index contributed by atoms with van der Waals surface area (Å²) in [5.74, 6) is 0.924. The number of rotatable bonds is 5. The molecule has 0 saturated heterocycles. The second kappa shape index (κ2) is 7.69. The predicted octanol–water partition coefficient (Wildman–Crippen LogP) is 5.17. The molecule has 0 radical (unpaired) electrons. The van der Waals surface area contributed by atoms with Crippen LogP contribution in [0.15, 0.2) is 95.9 Å². The Morgan fingerprint density at radius 1 is 0.844 bits per heavy atom. The fraction of sp³-hybridized carbons (Fsp3) is 0.0800. The van der Waals surface area contributed by atoms with Crippen LogP contribution in [0.1, 0.15) is 6.92 Å². The van der Waals surface area contributed by atoms with Gasteiger partial charge in [-0.1, -0.05) is 42.5 Å². The molecule has 4 aromatic rings. The van der Waals surface area contributed by atoms with Gasteiger partial charge in [0.1, 0.15) is 17.5 Å². The zero-order chi connectivity index (χ0) is 22.3. The third-order valence-corrected chi connectivity index (χ3v) is 7.38. The molecule has 1 aliphatic rings. The third-order valence-electron chi connectivity index (χ3n) is 5.45. The molecular weight excluding hydrogens is 424 g/mol. The highest BCUT2D eigenvalue weighted by Crippen LogP contribution is 2.43. The van der Waals surface area contributed by atoms with Crippen LogP contribution in [0.4, 0.5) is 11.4 Å². The standard InChI is InChI=1S/C25H20N2O4S/c1-17(27-22-11-5-7-18-8-6-12-23(24(18)22)32(27,29)30)25(28)26-19-13-15-21(16-14-19)31-20-9-3-2-4-10-20/h2-17H,1H3,(H,26,28)/t17-/m0/s1. The van der Waals surface area contributed by atoms with Crippen LogP contribution in [0, 0.1) is 0 Å². The average molecular weight is 445 g/mol. The highest BCUT2D eigenvalue weighted by atomic mass is 32.2. The first-order chi connectivity index (χ1) is 15.4. The monoisotopic (exact) mass is 444 g/mol.